The van der Waals surface area contributed by atoms with Crippen molar-refractivity contribution in [3.63, 3.8) is 0 Å². The van der Waals surface area contributed by atoms with Crippen molar-refractivity contribution in [3.05, 3.63) is 28.2 Å². The Bertz CT molecular complexity index is 417. The van der Waals surface area contributed by atoms with E-state index in [1.165, 1.54) is 5.56 Å². The molecule has 1 N–H and O–H groups in total. The van der Waals surface area contributed by atoms with Gasteiger partial charge in [-0.05, 0) is 42.5 Å². The summed E-state index contributed by atoms with van der Waals surface area (Å²) >= 11 is 3.60. The lowest BCUT2D eigenvalue weighted by atomic mass is 10.0. The molecule has 20 heavy (non-hydrogen) atoms. The first kappa shape index (κ1) is 15.8. The van der Waals surface area contributed by atoms with Gasteiger partial charge in [-0.1, -0.05) is 29.8 Å². The zero-order valence-electron chi connectivity index (χ0n) is 12.3. The predicted octanol–water partition coefficient (Wildman–Crippen LogP) is 3.75. The van der Waals surface area contributed by atoms with Crippen LogP contribution in [-0.2, 0) is 11.3 Å². The van der Waals surface area contributed by atoms with Gasteiger partial charge in [0.15, 0.2) is 0 Å². The highest BCUT2D eigenvalue weighted by atomic mass is 79.9. The molecule has 2 rings (SSSR count). The first-order chi connectivity index (χ1) is 9.65. The Morgan fingerprint density at radius 2 is 2.10 bits per heavy atom. The van der Waals surface area contributed by atoms with Gasteiger partial charge in [0.05, 0.1) is 6.61 Å². The lowest BCUT2D eigenvalue weighted by Gasteiger charge is -2.22. The van der Waals surface area contributed by atoms with Gasteiger partial charge in [0, 0.05) is 30.3 Å². The third kappa shape index (κ3) is 5.08. The molecule has 1 saturated heterocycles. The van der Waals surface area contributed by atoms with Crippen molar-refractivity contribution in [1.82, 2.24) is 5.32 Å². The van der Waals surface area contributed by atoms with E-state index in [9.17, 15) is 0 Å². The molecular formula is C16H24BrNO2. The molecule has 4 heteroatoms. The van der Waals surface area contributed by atoms with E-state index < -0.39 is 0 Å². The van der Waals surface area contributed by atoms with E-state index in [4.69, 9.17) is 9.47 Å². The summed E-state index contributed by atoms with van der Waals surface area (Å²) in [5.41, 5.74) is 1.24. The monoisotopic (exact) mass is 341 g/mol. The summed E-state index contributed by atoms with van der Waals surface area (Å²) in [6.45, 7) is 7.70. The third-order valence-electron chi connectivity index (χ3n) is 3.54. The smallest absolute Gasteiger partial charge is 0.119 e. The number of ether oxygens (including phenoxy) is 2. The van der Waals surface area contributed by atoms with E-state index in [-0.39, 0.29) is 0 Å². The van der Waals surface area contributed by atoms with Crippen molar-refractivity contribution in [2.45, 2.75) is 39.3 Å². The largest absolute Gasteiger partial charge is 0.493 e. The summed E-state index contributed by atoms with van der Waals surface area (Å²) in [5, 5.41) is 3.43. The van der Waals surface area contributed by atoms with E-state index in [1.807, 2.05) is 6.07 Å². The summed E-state index contributed by atoms with van der Waals surface area (Å²) in [6.07, 6.45) is 2.22. The number of nitrogens with one attached hydrogen (secondary N) is 1. The molecule has 0 aromatic heterocycles. The minimum absolute atomic E-state index is 0.480. The third-order valence-corrected chi connectivity index (χ3v) is 4.32. The Morgan fingerprint density at radius 1 is 1.35 bits per heavy atom. The molecule has 0 saturated carbocycles. The highest BCUT2D eigenvalue weighted by Gasteiger charge is 2.14. The highest BCUT2D eigenvalue weighted by Crippen LogP contribution is 2.24. The zero-order valence-corrected chi connectivity index (χ0v) is 13.9. The van der Waals surface area contributed by atoms with Crippen LogP contribution in [0.5, 0.6) is 5.75 Å². The van der Waals surface area contributed by atoms with Crippen LogP contribution in [0.2, 0.25) is 0 Å². The van der Waals surface area contributed by atoms with Gasteiger partial charge >= 0.3 is 0 Å². The molecule has 1 aliphatic rings. The Kier molecular flexibility index (Phi) is 6.33. The minimum atomic E-state index is 0.480. The number of hydrogen-bond donors (Lipinski definition) is 1. The second-order valence-corrected chi connectivity index (χ2v) is 6.51. The quantitative estimate of drug-likeness (QED) is 0.854. The normalized spacial score (nSPS) is 16.6. The lowest BCUT2D eigenvalue weighted by Crippen LogP contribution is -2.22. The number of halogens is 1. The zero-order chi connectivity index (χ0) is 14.4. The minimum Gasteiger partial charge on any atom is -0.493 e. The molecule has 1 fully saturated rings. The van der Waals surface area contributed by atoms with E-state index in [1.54, 1.807) is 0 Å². The molecule has 0 unspecified atom stereocenters. The van der Waals surface area contributed by atoms with Crippen molar-refractivity contribution < 1.29 is 9.47 Å². The van der Waals surface area contributed by atoms with Crippen LogP contribution < -0.4 is 10.1 Å². The summed E-state index contributed by atoms with van der Waals surface area (Å²) < 4.78 is 12.4. The SMILES string of the molecule is CC(C)NCc1cc(OCC2CCOCC2)ccc1Br. The lowest BCUT2D eigenvalue weighted by molar-refractivity contribution is 0.0497. The Morgan fingerprint density at radius 3 is 2.80 bits per heavy atom. The van der Waals surface area contributed by atoms with Crippen molar-refractivity contribution in [1.29, 1.82) is 0 Å². The molecule has 3 nitrogen and oxygen atoms in total. The van der Waals surface area contributed by atoms with E-state index in [0.29, 0.717) is 12.0 Å². The van der Waals surface area contributed by atoms with Crippen LogP contribution in [0.25, 0.3) is 0 Å². The summed E-state index contributed by atoms with van der Waals surface area (Å²) in [5.74, 6) is 1.59. The van der Waals surface area contributed by atoms with E-state index >= 15 is 0 Å². The molecule has 1 heterocycles. The summed E-state index contributed by atoms with van der Waals surface area (Å²) in [6, 6.07) is 6.70. The van der Waals surface area contributed by atoms with Gasteiger partial charge in [0.2, 0.25) is 0 Å². The molecule has 1 aliphatic heterocycles. The van der Waals surface area contributed by atoms with Crippen LogP contribution in [0, 0.1) is 5.92 Å². The second-order valence-electron chi connectivity index (χ2n) is 5.66. The maximum absolute atomic E-state index is 5.94. The van der Waals surface area contributed by atoms with Crippen LogP contribution in [0.1, 0.15) is 32.3 Å². The Balaban J connectivity index is 1.89. The van der Waals surface area contributed by atoms with Gasteiger partial charge in [-0.15, -0.1) is 0 Å². The fraction of sp³-hybridized carbons (Fsp3) is 0.625. The molecule has 0 amide bonds. The van der Waals surface area contributed by atoms with Gasteiger partial charge in [0.1, 0.15) is 5.75 Å². The fourth-order valence-electron chi connectivity index (χ4n) is 2.22. The fourth-order valence-corrected chi connectivity index (χ4v) is 2.60. The summed E-state index contributed by atoms with van der Waals surface area (Å²) in [7, 11) is 0. The molecule has 1 aromatic carbocycles. The number of benzene rings is 1. The van der Waals surface area contributed by atoms with Crippen molar-refractivity contribution in [2.24, 2.45) is 5.92 Å². The first-order valence-electron chi connectivity index (χ1n) is 7.37. The molecule has 1 aromatic rings. The Hall–Kier alpha value is -0.580. The molecule has 0 aliphatic carbocycles. The van der Waals surface area contributed by atoms with Crippen LogP contribution >= 0.6 is 15.9 Å². The van der Waals surface area contributed by atoms with Crippen molar-refractivity contribution >= 4 is 15.9 Å². The average Bonchev–Trinajstić information content (AvgIpc) is 2.46. The molecule has 0 spiro atoms. The molecule has 0 radical (unpaired) electrons. The molecule has 0 atom stereocenters. The van der Waals surface area contributed by atoms with Gasteiger partial charge in [-0.3, -0.25) is 0 Å². The Labute approximate surface area is 130 Å². The first-order valence-corrected chi connectivity index (χ1v) is 8.17. The van der Waals surface area contributed by atoms with E-state index in [2.05, 4.69) is 47.2 Å². The van der Waals surface area contributed by atoms with Crippen LogP contribution in [0.4, 0.5) is 0 Å². The maximum atomic E-state index is 5.94. The average molecular weight is 342 g/mol. The van der Waals surface area contributed by atoms with Crippen LogP contribution in [0.3, 0.4) is 0 Å². The van der Waals surface area contributed by atoms with Gasteiger partial charge in [0.25, 0.3) is 0 Å². The molecule has 0 bridgehead atoms. The highest BCUT2D eigenvalue weighted by molar-refractivity contribution is 9.10. The number of rotatable bonds is 6. The van der Waals surface area contributed by atoms with Crippen molar-refractivity contribution in [2.75, 3.05) is 19.8 Å². The van der Waals surface area contributed by atoms with E-state index in [0.717, 1.165) is 49.4 Å². The number of hydrogen-bond acceptors (Lipinski definition) is 3. The molecular weight excluding hydrogens is 318 g/mol. The summed E-state index contributed by atoms with van der Waals surface area (Å²) in [4.78, 5) is 0. The van der Waals surface area contributed by atoms with Crippen LogP contribution in [0.15, 0.2) is 22.7 Å². The van der Waals surface area contributed by atoms with Crippen LogP contribution in [-0.4, -0.2) is 25.9 Å². The predicted molar refractivity (Wildman–Crippen MR) is 85.2 cm³/mol. The van der Waals surface area contributed by atoms with Gasteiger partial charge in [-0.25, -0.2) is 0 Å². The van der Waals surface area contributed by atoms with Gasteiger partial charge < -0.3 is 14.8 Å². The second kappa shape index (κ2) is 8.01. The maximum Gasteiger partial charge on any atom is 0.119 e. The molecule has 112 valence electrons. The standard InChI is InChI=1S/C16H24BrNO2/c1-12(2)18-10-14-9-15(3-4-16(14)17)20-11-13-5-7-19-8-6-13/h3-4,9,12-13,18H,5-8,10-11H2,1-2H3. The van der Waals surface area contributed by atoms with Crippen molar-refractivity contribution in [3.8, 4) is 5.75 Å². The van der Waals surface area contributed by atoms with Gasteiger partial charge in [-0.2, -0.15) is 0 Å². The topological polar surface area (TPSA) is 30.5 Å².